The topological polar surface area (TPSA) is 38.7 Å². The summed E-state index contributed by atoms with van der Waals surface area (Å²) in [7, 11) is 0. The summed E-state index contributed by atoms with van der Waals surface area (Å²) in [5, 5.41) is 0. The molecular formula is C28H16F5N3. The lowest BCUT2D eigenvalue weighted by molar-refractivity contribution is -0.137. The molecule has 1 aromatic heterocycles. The Hall–Kier alpha value is -4.46. The van der Waals surface area contributed by atoms with E-state index in [4.69, 9.17) is 0 Å². The summed E-state index contributed by atoms with van der Waals surface area (Å²) in [6, 6.07) is 24.3. The fourth-order valence-corrected chi connectivity index (χ4v) is 3.72. The van der Waals surface area contributed by atoms with Gasteiger partial charge in [-0.05, 0) is 18.2 Å². The molecule has 0 aliphatic heterocycles. The van der Waals surface area contributed by atoms with Crippen LogP contribution in [0.5, 0.6) is 0 Å². The molecule has 5 aromatic rings. The van der Waals surface area contributed by atoms with Crippen LogP contribution in [0, 0.1) is 11.6 Å². The average Bonchev–Trinajstić information content (AvgIpc) is 2.89. The molecule has 1 heterocycles. The van der Waals surface area contributed by atoms with Crippen LogP contribution in [0.25, 0.3) is 45.3 Å². The van der Waals surface area contributed by atoms with Gasteiger partial charge >= 0.3 is 6.18 Å². The lowest BCUT2D eigenvalue weighted by Gasteiger charge is -2.11. The van der Waals surface area contributed by atoms with Crippen molar-refractivity contribution in [1.82, 2.24) is 15.0 Å². The standard InChI is InChI=1S/C28H16F5N3/c29-23-15-19(11-13-21(23)22-14-12-20(16-24(22)30)28(31,32)33)27-35-25(17-7-3-1-4-8-17)34-26(36-27)18-9-5-2-6-10-18/h1-16H. The number of rotatable bonds is 4. The molecule has 0 radical (unpaired) electrons. The van der Waals surface area contributed by atoms with Gasteiger partial charge in [0.1, 0.15) is 11.6 Å². The Balaban J connectivity index is 1.59. The molecule has 178 valence electrons. The zero-order chi connectivity index (χ0) is 25.3. The third-order valence-electron chi connectivity index (χ3n) is 5.51. The van der Waals surface area contributed by atoms with Crippen molar-refractivity contribution in [2.45, 2.75) is 6.18 Å². The number of hydrogen-bond donors (Lipinski definition) is 0. The van der Waals surface area contributed by atoms with Crippen molar-refractivity contribution in [2.75, 3.05) is 0 Å². The lowest BCUT2D eigenvalue weighted by Crippen LogP contribution is -2.05. The Morgan fingerprint density at radius 3 is 1.36 bits per heavy atom. The quantitative estimate of drug-likeness (QED) is 0.242. The Morgan fingerprint density at radius 2 is 0.917 bits per heavy atom. The molecule has 0 N–H and O–H groups in total. The van der Waals surface area contributed by atoms with Crippen LogP contribution >= 0.6 is 0 Å². The zero-order valence-electron chi connectivity index (χ0n) is 18.5. The van der Waals surface area contributed by atoms with E-state index in [1.807, 2.05) is 60.7 Å². The number of alkyl halides is 3. The van der Waals surface area contributed by atoms with Crippen molar-refractivity contribution >= 4 is 0 Å². The minimum atomic E-state index is -4.70. The molecule has 8 heteroatoms. The summed E-state index contributed by atoms with van der Waals surface area (Å²) in [5.74, 6) is -1.03. The fourth-order valence-electron chi connectivity index (χ4n) is 3.72. The van der Waals surface area contributed by atoms with Gasteiger partial charge in [0.25, 0.3) is 0 Å². The van der Waals surface area contributed by atoms with Crippen LogP contribution in [0.2, 0.25) is 0 Å². The number of hydrogen-bond acceptors (Lipinski definition) is 3. The highest BCUT2D eigenvalue weighted by atomic mass is 19.4. The number of benzene rings is 4. The van der Waals surface area contributed by atoms with Gasteiger partial charge in [-0.15, -0.1) is 0 Å². The van der Waals surface area contributed by atoms with E-state index in [0.717, 1.165) is 29.3 Å². The number of halogens is 5. The molecule has 0 amide bonds. The SMILES string of the molecule is Fc1cc(-c2nc(-c3ccccc3)nc(-c3ccccc3)n2)ccc1-c1ccc(C(F)(F)F)cc1F. The average molecular weight is 489 g/mol. The van der Waals surface area contributed by atoms with Gasteiger partial charge in [-0.25, -0.2) is 23.7 Å². The van der Waals surface area contributed by atoms with Crippen molar-refractivity contribution in [1.29, 1.82) is 0 Å². The van der Waals surface area contributed by atoms with Crippen LogP contribution in [-0.2, 0) is 6.18 Å². The molecule has 0 aliphatic carbocycles. The minimum absolute atomic E-state index is 0.175. The van der Waals surface area contributed by atoms with Crippen LogP contribution in [-0.4, -0.2) is 15.0 Å². The molecule has 0 atom stereocenters. The van der Waals surface area contributed by atoms with E-state index in [0.29, 0.717) is 23.3 Å². The highest BCUT2D eigenvalue weighted by Gasteiger charge is 2.31. The highest BCUT2D eigenvalue weighted by Crippen LogP contribution is 2.34. The summed E-state index contributed by atoms with van der Waals surface area (Å²) in [5.41, 5.74) is 0.181. The Morgan fingerprint density at radius 1 is 0.472 bits per heavy atom. The largest absolute Gasteiger partial charge is 0.416 e. The van der Waals surface area contributed by atoms with Crippen molar-refractivity contribution < 1.29 is 22.0 Å². The van der Waals surface area contributed by atoms with Gasteiger partial charge in [0.05, 0.1) is 5.56 Å². The van der Waals surface area contributed by atoms with E-state index in [1.165, 1.54) is 12.1 Å². The van der Waals surface area contributed by atoms with Crippen molar-refractivity contribution in [3.8, 4) is 45.3 Å². The van der Waals surface area contributed by atoms with Crippen LogP contribution in [0.15, 0.2) is 97.1 Å². The summed E-state index contributed by atoms with van der Waals surface area (Å²) in [4.78, 5) is 13.6. The van der Waals surface area contributed by atoms with Gasteiger partial charge in [-0.2, -0.15) is 13.2 Å². The van der Waals surface area contributed by atoms with Crippen LogP contribution in [0.4, 0.5) is 22.0 Å². The fraction of sp³-hybridized carbons (Fsp3) is 0.0357. The molecule has 0 spiro atoms. The molecule has 3 nitrogen and oxygen atoms in total. The Kier molecular flexibility index (Phi) is 6.01. The minimum Gasteiger partial charge on any atom is -0.208 e. The highest BCUT2D eigenvalue weighted by molar-refractivity contribution is 5.71. The van der Waals surface area contributed by atoms with Crippen molar-refractivity contribution in [3.05, 3.63) is 114 Å². The van der Waals surface area contributed by atoms with Crippen molar-refractivity contribution in [3.63, 3.8) is 0 Å². The van der Waals surface area contributed by atoms with E-state index < -0.39 is 23.4 Å². The molecule has 0 aliphatic rings. The van der Waals surface area contributed by atoms with E-state index >= 15 is 4.39 Å². The van der Waals surface area contributed by atoms with E-state index in [2.05, 4.69) is 15.0 Å². The summed E-state index contributed by atoms with van der Waals surface area (Å²) in [6.07, 6.45) is -4.70. The maximum Gasteiger partial charge on any atom is 0.416 e. The summed E-state index contributed by atoms with van der Waals surface area (Å²) in [6.45, 7) is 0. The molecule has 4 aromatic carbocycles. The van der Waals surface area contributed by atoms with Crippen LogP contribution < -0.4 is 0 Å². The molecule has 0 unspecified atom stereocenters. The first kappa shape index (κ1) is 23.3. The third kappa shape index (κ3) is 4.70. The van der Waals surface area contributed by atoms with Crippen molar-refractivity contribution in [2.24, 2.45) is 0 Å². The van der Waals surface area contributed by atoms with Gasteiger partial charge in [0.2, 0.25) is 0 Å². The molecule has 5 rings (SSSR count). The predicted molar refractivity (Wildman–Crippen MR) is 126 cm³/mol. The molecule has 0 bridgehead atoms. The van der Waals surface area contributed by atoms with E-state index in [9.17, 15) is 17.6 Å². The van der Waals surface area contributed by atoms with Crippen LogP contribution in [0.3, 0.4) is 0 Å². The Labute approximate surface area is 203 Å². The maximum absolute atomic E-state index is 15.1. The van der Waals surface area contributed by atoms with Gasteiger partial charge < -0.3 is 0 Å². The molecular weight excluding hydrogens is 473 g/mol. The molecule has 0 fully saturated rings. The molecule has 36 heavy (non-hydrogen) atoms. The molecule has 0 saturated carbocycles. The summed E-state index contributed by atoms with van der Waals surface area (Å²) >= 11 is 0. The first-order valence-electron chi connectivity index (χ1n) is 10.8. The molecule has 0 saturated heterocycles. The normalized spacial score (nSPS) is 11.5. The second kappa shape index (κ2) is 9.30. The second-order valence-corrected chi connectivity index (χ2v) is 7.93. The van der Waals surface area contributed by atoms with Gasteiger partial charge in [-0.1, -0.05) is 78.9 Å². The van der Waals surface area contributed by atoms with Crippen LogP contribution in [0.1, 0.15) is 5.56 Å². The monoisotopic (exact) mass is 489 g/mol. The second-order valence-electron chi connectivity index (χ2n) is 7.93. The van der Waals surface area contributed by atoms with Gasteiger partial charge in [0.15, 0.2) is 17.5 Å². The smallest absolute Gasteiger partial charge is 0.208 e. The lowest BCUT2D eigenvalue weighted by atomic mass is 10.0. The first-order chi connectivity index (χ1) is 17.3. The predicted octanol–water partition coefficient (Wildman–Crippen LogP) is 7.84. The third-order valence-corrected chi connectivity index (χ3v) is 5.51. The van der Waals surface area contributed by atoms with Gasteiger partial charge in [-0.3, -0.25) is 0 Å². The summed E-state index contributed by atoms with van der Waals surface area (Å²) < 4.78 is 68.2. The maximum atomic E-state index is 15.1. The van der Waals surface area contributed by atoms with E-state index in [-0.39, 0.29) is 17.0 Å². The Bertz CT molecular complexity index is 1480. The zero-order valence-corrected chi connectivity index (χ0v) is 18.5. The van der Waals surface area contributed by atoms with E-state index in [1.54, 1.807) is 0 Å². The van der Waals surface area contributed by atoms with Gasteiger partial charge in [0, 0.05) is 27.8 Å². The number of nitrogens with zero attached hydrogens (tertiary/aromatic N) is 3. The number of aromatic nitrogens is 3. The first-order valence-corrected chi connectivity index (χ1v) is 10.8.